The lowest BCUT2D eigenvalue weighted by atomic mass is 9.87. The molecule has 0 spiro atoms. The zero-order valence-electron chi connectivity index (χ0n) is 14.2. The summed E-state index contributed by atoms with van der Waals surface area (Å²) in [4.78, 5) is 12.8. The molecular weight excluding hydrogens is 340 g/mol. The Kier molecular flexibility index (Phi) is 4.51. The molecule has 25 heavy (non-hydrogen) atoms. The first-order chi connectivity index (χ1) is 11.8. The molecule has 1 atom stereocenters. The number of rotatable bonds is 4. The van der Waals surface area contributed by atoms with E-state index < -0.39 is 14.8 Å². The van der Waals surface area contributed by atoms with Crippen molar-refractivity contribution in [1.82, 2.24) is 0 Å². The summed E-state index contributed by atoms with van der Waals surface area (Å²) in [6.45, 7) is 0. The molecule has 0 heterocycles. The summed E-state index contributed by atoms with van der Waals surface area (Å²) in [5, 5.41) is 11.5. The Balaban J connectivity index is 2.06. The fourth-order valence-electron chi connectivity index (χ4n) is 3.48. The van der Waals surface area contributed by atoms with Crippen molar-refractivity contribution in [3.05, 3.63) is 63.7 Å². The Hall–Kier alpha value is -2.41. The van der Waals surface area contributed by atoms with Crippen LogP contribution in [-0.4, -0.2) is 26.6 Å². The predicted molar refractivity (Wildman–Crippen MR) is 96.7 cm³/mol. The monoisotopic (exact) mass is 360 g/mol. The maximum atomic E-state index is 11.7. The molecule has 0 radical (unpaired) electrons. The van der Waals surface area contributed by atoms with E-state index in [1.54, 1.807) is 0 Å². The van der Waals surface area contributed by atoms with E-state index in [1.165, 1.54) is 23.3 Å². The predicted octanol–water partition coefficient (Wildman–Crippen LogP) is 3.51. The van der Waals surface area contributed by atoms with E-state index in [0.717, 1.165) is 31.6 Å². The normalized spacial score (nSPS) is 17.0. The smallest absolute Gasteiger partial charge is 0.293 e. The Morgan fingerprint density at radius 1 is 1.20 bits per heavy atom. The summed E-state index contributed by atoms with van der Waals surface area (Å²) in [5.41, 5.74) is 2.69. The quantitative estimate of drug-likeness (QED) is 0.616. The molecule has 2 aromatic rings. The van der Waals surface area contributed by atoms with E-state index in [9.17, 15) is 18.5 Å². The highest BCUT2D eigenvalue weighted by Gasteiger charge is 2.28. The third kappa shape index (κ3) is 3.37. The topological polar surface area (TPSA) is 80.5 Å². The molecule has 2 aromatic carbocycles. The zero-order valence-corrected chi connectivity index (χ0v) is 15.0. The second kappa shape index (κ2) is 6.48. The molecule has 0 unspecified atom stereocenters. The zero-order chi connectivity index (χ0) is 18.2. The summed E-state index contributed by atoms with van der Waals surface area (Å²) in [5.74, 6) is 0. The molecule has 132 valence electrons. The van der Waals surface area contributed by atoms with Crippen LogP contribution in [0.3, 0.4) is 0 Å². The number of hydrogen-bond donors (Lipinski definition) is 0. The van der Waals surface area contributed by atoms with Crippen molar-refractivity contribution < 1.29 is 13.3 Å². The molecule has 1 aliphatic rings. The van der Waals surface area contributed by atoms with Gasteiger partial charge in [-0.25, -0.2) is 8.42 Å². The van der Waals surface area contributed by atoms with E-state index in [1.807, 2.05) is 24.1 Å². The molecule has 0 amide bonds. The molecule has 0 bridgehead atoms. The van der Waals surface area contributed by atoms with Gasteiger partial charge in [0, 0.05) is 19.4 Å². The van der Waals surface area contributed by atoms with Gasteiger partial charge in [0.05, 0.1) is 15.9 Å². The Bertz CT molecular complexity index is 924. The first-order valence-electron chi connectivity index (χ1n) is 8.08. The van der Waals surface area contributed by atoms with Crippen molar-refractivity contribution >= 4 is 21.2 Å². The number of anilines is 1. The number of benzene rings is 2. The largest absolute Gasteiger partial charge is 0.362 e. The maximum Gasteiger partial charge on any atom is 0.293 e. The Morgan fingerprint density at radius 2 is 1.92 bits per heavy atom. The number of aryl methyl sites for hydroxylation is 1. The highest BCUT2D eigenvalue weighted by Crippen LogP contribution is 2.39. The molecule has 0 saturated heterocycles. The number of sulfone groups is 1. The Labute approximate surface area is 147 Å². The highest BCUT2D eigenvalue weighted by molar-refractivity contribution is 7.90. The standard InChI is InChI=1S/C18H20N2O4S/c1-19(16-9-5-7-13-6-3-4-8-15(13)16)17-11-10-14(25(2,23)24)12-18(17)20(21)22/h3-4,6,8,10-12,16H,5,7,9H2,1-2H3/t16-/m1/s1. The molecule has 6 nitrogen and oxygen atoms in total. The van der Waals surface area contributed by atoms with Gasteiger partial charge in [-0.15, -0.1) is 0 Å². The molecule has 3 rings (SSSR count). The molecule has 0 N–H and O–H groups in total. The lowest BCUT2D eigenvalue weighted by Crippen LogP contribution is -2.28. The summed E-state index contributed by atoms with van der Waals surface area (Å²) < 4.78 is 23.4. The fourth-order valence-corrected chi connectivity index (χ4v) is 4.12. The molecule has 1 aliphatic carbocycles. The third-order valence-corrected chi connectivity index (χ3v) is 5.87. The van der Waals surface area contributed by atoms with E-state index in [4.69, 9.17) is 0 Å². The SMILES string of the molecule is CN(c1ccc(S(C)(=O)=O)cc1[N+](=O)[O-])[C@@H]1CCCc2ccccc21. The summed E-state index contributed by atoms with van der Waals surface area (Å²) in [6, 6.07) is 12.3. The first kappa shape index (κ1) is 17.4. The average Bonchev–Trinajstić information content (AvgIpc) is 2.59. The van der Waals surface area contributed by atoms with Crippen molar-refractivity contribution in [2.45, 2.75) is 30.2 Å². The van der Waals surface area contributed by atoms with Gasteiger partial charge >= 0.3 is 0 Å². The highest BCUT2D eigenvalue weighted by atomic mass is 32.2. The summed E-state index contributed by atoms with van der Waals surface area (Å²) >= 11 is 0. The van der Waals surface area contributed by atoms with Gasteiger partial charge in [0.1, 0.15) is 5.69 Å². The fraction of sp³-hybridized carbons (Fsp3) is 0.333. The van der Waals surface area contributed by atoms with Gasteiger partial charge in [0.25, 0.3) is 5.69 Å². The van der Waals surface area contributed by atoms with E-state index in [2.05, 4.69) is 12.1 Å². The van der Waals surface area contributed by atoms with Gasteiger partial charge in [-0.3, -0.25) is 10.1 Å². The second-order valence-corrected chi connectivity index (χ2v) is 8.41. The van der Waals surface area contributed by atoms with Gasteiger partial charge in [-0.05, 0) is 42.5 Å². The van der Waals surface area contributed by atoms with Crippen molar-refractivity contribution in [3.63, 3.8) is 0 Å². The molecule has 0 fully saturated rings. The number of nitro groups is 1. The van der Waals surface area contributed by atoms with Gasteiger partial charge in [0.2, 0.25) is 0 Å². The van der Waals surface area contributed by atoms with Crippen molar-refractivity contribution in [1.29, 1.82) is 0 Å². The molecule has 0 aliphatic heterocycles. The molecule has 7 heteroatoms. The van der Waals surface area contributed by atoms with Crippen molar-refractivity contribution in [3.8, 4) is 0 Å². The van der Waals surface area contributed by atoms with Crippen LogP contribution in [0.1, 0.15) is 30.0 Å². The van der Waals surface area contributed by atoms with Crippen molar-refractivity contribution in [2.24, 2.45) is 0 Å². The summed E-state index contributed by atoms with van der Waals surface area (Å²) in [7, 11) is -1.67. The van der Waals surface area contributed by atoms with E-state index >= 15 is 0 Å². The van der Waals surface area contributed by atoms with Crippen LogP contribution in [0.5, 0.6) is 0 Å². The van der Waals surface area contributed by atoms with Crippen LogP contribution in [0.4, 0.5) is 11.4 Å². The number of hydrogen-bond acceptors (Lipinski definition) is 5. The van der Waals surface area contributed by atoms with Crippen LogP contribution >= 0.6 is 0 Å². The molecule has 0 aromatic heterocycles. The minimum Gasteiger partial charge on any atom is -0.362 e. The Morgan fingerprint density at radius 3 is 2.60 bits per heavy atom. The van der Waals surface area contributed by atoms with Crippen LogP contribution in [-0.2, 0) is 16.3 Å². The summed E-state index contributed by atoms with van der Waals surface area (Å²) in [6.07, 6.45) is 3.97. The van der Waals surface area contributed by atoms with Crippen molar-refractivity contribution in [2.75, 3.05) is 18.2 Å². The van der Waals surface area contributed by atoms with Gasteiger partial charge < -0.3 is 4.90 Å². The second-order valence-electron chi connectivity index (χ2n) is 6.40. The number of nitrogens with zero attached hydrogens (tertiary/aromatic N) is 2. The maximum absolute atomic E-state index is 11.7. The van der Waals surface area contributed by atoms with E-state index in [0.29, 0.717) is 5.69 Å². The lowest BCUT2D eigenvalue weighted by Gasteiger charge is -2.34. The van der Waals surface area contributed by atoms with E-state index in [-0.39, 0.29) is 16.6 Å². The minimum absolute atomic E-state index is 0.0349. The first-order valence-corrected chi connectivity index (χ1v) is 9.97. The number of nitro benzene ring substituents is 1. The minimum atomic E-state index is -3.50. The van der Waals surface area contributed by atoms with Crippen LogP contribution < -0.4 is 4.90 Å². The van der Waals surface area contributed by atoms with Crippen LogP contribution in [0.25, 0.3) is 0 Å². The molecule has 0 saturated carbocycles. The van der Waals surface area contributed by atoms with Gasteiger partial charge in [-0.1, -0.05) is 24.3 Å². The van der Waals surface area contributed by atoms with Crippen LogP contribution in [0.15, 0.2) is 47.4 Å². The van der Waals surface area contributed by atoms with Crippen LogP contribution in [0, 0.1) is 10.1 Å². The average molecular weight is 360 g/mol. The lowest BCUT2D eigenvalue weighted by molar-refractivity contribution is -0.384. The van der Waals surface area contributed by atoms with Gasteiger partial charge in [-0.2, -0.15) is 0 Å². The van der Waals surface area contributed by atoms with Crippen LogP contribution in [0.2, 0.25) is 0 Å². The van der Waals surface area contributed by atoms with Gasteiger partial charge in [0.15, 0.2) is 9.84 Å². The third-order valence-electron chi connectivity index (χ3n) is 4.76. The number of fused-ring (bicyclic) bond motifs is 1. The molecular formula is C18H20N2O4S.